The summed E-state index contributed by atoms with van der Waals surface area (Å²) in [6.45, 7) is 2.81. The van der Waals surface area contributed by atoms with Crippen LogP contribution >= 0.6 is 12.4 Å². The molecule has 1 aromatic carbocycles. The molecule has 0 aliphatic heterocycles. The number of rotatable bonds is 5. The predicted molar refractivity (Wildman–Crippen MR) is 126 cm³/mol. The van der Waals surface area contributed by atoms with Crippen molar-refractivity contribution < 1.29 is 4.79 Å². The second kappa shape index (κ2) is 9.27. The molecule has 0 spiro atoms. The van der Waals surface area contributed by atoms with Gasteiger partial charge in [0.15, 0.2) is 5.65 Å². The quantitative estimate of drug-likeness (QED) is 0.613. The number of hydrogen-bond acceptors (Lipinski definition) is 4. The molecular weight excluding hydrogens is 410 g/mol. The van der Waals surface area contributed by atoms with Crippen molar-refractivity contribution in [3.05, 3.63) is 53.3 Å². The largest absolute Gasteiger partial charge is 0.381 e. The summed E-state index contributed by atoms with van der Waals surface area (Å²) in [7, 11) is 0. The number of aryl methyl sites for hydroxylation is 1. The highest BCUT2D eigenvalue weighted by molar-refractivity contribution is 6.06. The van der Waals surface area contributed by atoms with E-state index in [1.807, 2.05) is 10.9 Å². The maximum absolute atomic E-state index is 13.3. The smallest absolute Gasteiger partial charge is 0.255 e. The Morgan fingerprint density at radius 1 is 1.06 bits per heavy atom. The molecule has 0 saturated heterocycles. The lowest BCUT2D eigenvalue weighted by molar-refractivity contribution is 0.0939. The molecule has 0 unspecified atom stereocenters. The molecule has 7 heteroatoms. The van der Waals surface area contributed by atoms with Gasteiger partial charge in [-0.3, -0.25) is 4.79 Å². The summed E-state index contributed by atoms with van der Waals surface area (Å²) in [5.74, 6) is -0.0511. The van der Waals surface area contributed by atoms with E-state index in [0.717, 1.165) is 48.9 Å². The lowest BCUT2D eigenvalue weighted by atomic mass is 9.95. The van der Waals surface area contributed by atoms with Gasteiger partial charge in [0.25, 0.3) is 5.91 Å². The zero-order valence-corrected chi connectivity index (χ0v) is 18.8. The Labute approximate surface area is 189 Å². The Morgan fingerprint density at radius 2 is 1.77 bits per heavy atom. The van der Waals surface area contributed by atoms with Crippen molar-refractivity contribution in [1.29, 1.82) is 0 Å². The third-order valence-corrected chi connectivity index (χ3v) is 6.55. The number of aromatic nitrogens is 3. The number of hydrogen-bond donors (Lipinski definition) is 2. The van der Waals surface area contributed by atoms with E-state index in [0.29, 0.717) is 11.6 Å². The number of fused-ring (bicyclic) bond motifs is 2. The number of pyridine rings is 1. The molecule has 1 amide bonds. The number of halogens is 1. The van der Waals surface area contributed by atoms with Crippen molar-refractivity contribution in [1.82, 2.24) is 20.1 Å². The van der Waals surface area contributed by atoms with Crippen LogP contribution in [0, 0.1) is 0 Å². The number of anilines is 1. The third-order valence-electron chi connectivity index (χ3n) is 6.55. The third kappa shape index (κ3) is 4.26. The van der Waals surface area contributed by atoms with Gasteiger partial charge >= 0.3 is 0 Å². The van der Waals surface area contributed by atoms with E-state index in [1.54, 1.807) is 6.20 Å². The van der Waals surface area contributed by atoms with Gasteiger partial charge in [-0.05, 0) is 43.7 Å². The average Bonchev–Trinajstić information content (AvgIpc) is 3.38. The van der Waals surface area contributed by atoms with Crippen LogP contribution in [0.1, 0.15) is 60.5 Å². The van der Waals surface area contributed by atoms with Gasteiger partial charge in [0.2, 0.25) is 0 Å². The Balaban J connectivity index is 0.00000231. The number of nitrogens with one attached hydrogen (secondary N) is 2. The van der Waals surface area contributed by atoms with E-state index >= 15 is 0 Å². The molecule has 2 N–H and O–H groups in total. The Kier molecular flexibility index (Phi) is 6.46. The van der Waals surface area contributed by atoms with Crippen LogP contribution < -0.4 is 10.6 Å². The molecule has 2 aromatic heterocycles. The standard InChI is InChI=1S/C24H29N5O.ClH/c1-2-29-23-20(15-26-29)22(27-18-10-4-3-5-11-18)21(14-25-23)24(30)28-19-12-16-8-6-7-9-17(16)13-19;/h6-9,14-15,18-19H,2-5,10-13H2,1H3,(H,25,27)(H,28,30);1H. The predicted octanol–water partition coefficient (Wildman–Crippen LogP) is 4.51. The molecular formula is C24H30ClN5O. The minimum atomic E-state index is -0.0511. The monoisotopic (exact) mass is 439 g/mol. The number of carbonyl (C=O) groups excluding carboxylic acids is 1. The first-order valence-electron chi connectivity index (χ1n) is 11.2. The van der Waals surface area contributed by atoms with Gasteiger partial charge in [0.05, 0.1) is 22.8 Å². The van der Waals surface area contributed by atoms with E-state index in [-0.39, 0.29) is 24.4 Å². The first-order valence-corrected chi connectivity index (χ1v) is 11.2. The van der Waals surface area contributed by atoms with E-state index in [2.05, 4.69) is 51.9 Å². The molecule has 0 radical (unpaired) electrons. The zero-order chi connectivity index (χ0) is 20.5. The van der Waals surface area contributed by atoms with Crippen molar-refractivity contribution >= 4 is 35.0 Å². The molecule has 2 aliphatic rings. The first-order chi connectivity index (χ1) is 14.7. The molecule has 2 heterocycles. The molecule has 31 heavy (non-hydrogen) atoms. The van der Waals surface area contributed by atoms with Gasteiger partial charge in [-0.25, -0.2) is 9.67 Å². The number of carbonyl (C=O) groups is 1. The molecule has 1 fully saturated rings. The van der Waals surface area contributed by atoms with E-state index in [4.69, 9.17) is 0 Å². The molecule has 1 saturated carbocycles. The topological polar surface area (TPSA) is 71.8 Å². The molecule has 5 rings (SSSR count). The zero-order valence-electron chi connectivity index (χ0n) is 17.9. The molecule has 0 atom stereocenters. The summed E-state index contributed by atoms with van der Waals surface area (Å²) < 4.78 is 1.89. The summed E-state index contributed by atoms with van der Waals surface area (Å²) in [5, 5.41) is 12.4. The second-order valence-electron chi connectivity index (χ2n) is 8.57. The maximum Gasteiger partial charge on any atom is 0.255 e. The Bertz CT molecular complexity index is 1050. The van der Waals surface area contributed by atoms with E-state index in [9.17, 15) is 4.79 Å². The summed E-state index contributed by atoms with van der Waals surface area (Å²) in [4.78, 5) is 17.9. The first kappa shape index (κ1) is 21.6. The second-order valence-corrected chi connectivity index (χ2v) is 8.57. The summed E-state index contributed by atoms with van der Waals surface area (Å²) in [6.07, 6.45) is 11.4. The fraction of sp³-hybridized carbons (Fsp3) is 0.458. The van der Waals surface area contributed by atoms with E-state index < -0.39 is 0 Å². The summed E-state index contributed by atoms with van der Waals surface area (Å²) in [6, 6.07) is 8.98. The molecule has 0 bridgehead atoms. The number of amides is 1. The van der Waals surface area contributed by atoms with E-state index in [1.165, 1.54) is 30.4 Å². The highest BCUT2D eigenvalue weighted by Gasteiger charge is 2.26. The van der Waals surface area contributed by atoms with Crippen molar-refractivity contribution in [3.63, 3.8) is 0 Å². The average molecular weight is 440 g/mol. The molecule has 2 aliphatic carbocycles. The fourth-order valence-corrected chi connectivity index (χ4v) is 4.96. The van der Waals surface area contributed by atoms with Crippen LogP contribution in [0.2, 0.25) is 0 Å². The van der Waals surface area contributed by atoms with Crippen LogP contribution in [0.4, 0.5) is 5.69 Å². The normalized spacial score (nSPS) is 16.7. The van der Waals surface area contributed by atoms with Gasteiger partial charge in [-0.1, -0.05) is 43.5 Å². The maximum atomic E-state index is 13.3. The van der Waals surface area contributed by atoms with Gasteiger partial charge < -0.3 is 10.6 Å². The van der Waals surface area contributed by atoms with Gasteiger partial charge in [0, 0.05) is 24.8 Å². The summed E-state index contributed by atoms with van der Waals surface area (Å²) in [5.41, 5.74) is 5.02. The van der Waals surface area contributed by atoms with Gasteiger partial charge in [-0.2, -0.15) is 5.10 Å². The van der Waals surface area contributed by atoms with Crippen LogP contribution in [0.3, 0.4) is 0 Å². The molecule has 3 aromatic rings. The SMILES string of the molecule is CCn1ncc2c(NC3CCCCC3)c(C(=O)NC3Cc4ccccc4C3)cnc21.Cl. The highest BCUT2D eigenvalue weighted by Crippen LogP contribution is 2.30. The lowest BCUT2D eigenvalue weighted by Crippen LogP contribution is -2.36. The Hall–Kier alpha value is -2.60. The highest BCUT2D eigenvalue weighted by atomic mass is 35.5. The van der Waals surface area contributed by atoms with Gasteiger partial charge in [0.1, 0.15) is 0 Å². The fourth-order valence-electron chi connectivity index (χ4n) is 4.96. The van der Waals surface area contributed by atoms with Crippen LogP contribution in [-0.4, -0.2) is 32.8 Å². The van der Waals surface area contributed by atoms with Crippen molar-refractivity contribution in [2.45, 2.75) is 70.5 Å². The van der Waals surface area contributed by atoms with Crippen molar-refractivity contribution in [3.8, 4) is 0 Å². The molecule has 164 valence electrons. The van der Waals surface area contributed by atoms with Crippen molar-refractivity contribution in [2.24, 2.45) is 0 Å². The van der Waals surface area contributed by atoms with Crippen LogP contribution in [0.5, 0.6) is 0 Å². The van der Waals surface area contributed by atoms with Crippen LogP contribution in [-0.2, 0) is 19.4 Å². The number of benzene rings is 1. The van der Waals surface area contributed by atoms with Crippen molar-refractivity contribution in [2.75, 3.05) is 5.32 Å². The minimum Gasteiger partial charge on any atom is -0.381 e. The summed E-state index contributed by atoms with van der Waals surface area (Å²) >= 11 is 0. The van der Waals surface area contributed by atoms with Gasteiger partial charge in [-0.15, -0.1) is 12.4 Å². The van der Waals surface area contributed by atoms with Crippen LogP contribution in [0.25, 0.3) is 11.0 Å². The number of nitrogens with zero attached hydrogens (tertiary/aromatic N) is 3. The molecule has 6 nitrogen and oxygen atoms in total. The Morgan fingerprint density at radius 3 is 2.45 bits per heavy atom. The lowest BCUT2D eigenvalue weighted by Gasteiger charge is -2.25. The van der Waals surface area contributed by atoms with Crippen LogP contribution in [0.15, 0.2) is 36.7 Å². The minimum absolute atomic E-state index is 0.